The van der Waals surface area contributed by atoms with E-state index < -0.39 is 10.9 Å². The van der Waals surface area contributed by atoms with Crippen molar-refractivity contribution in [2.24, 2.45) is 0 Å². The summed E-state index contributed by atoms with van der Waals surface area (Å²) in [6, 6.07) is 20.6. The number of carbonyl (C=O) groups is 1. The molecule has 0 aliphatic heterocycles. The highest BCUT2D eigenvalue weighted by Gasteiger charge is 2.17. The number of carbonyl (C=O) groups excluding carboxylic acids is 1. The van der Waals surface area contributed by atoms with Crippen molar-refractivity contribution < 1.29 is 14.5 Å². The molecule has 0 radical (unpaired) electrons. The Bertz CT molecular complexity index is 924. The number of nitro groups is 1. The SMILES string of the molecule is O=C(Oc1ccc(-c2ccccc2)cc1)c1ccc(Cl)c([N+](=O)[O-])c1. The van der Waals surface area contributed by atoms with Crippen molar-refractivity contribution in [3.63, 3.8) is 0 Å². The molecular formula is C19H12ClNO4. The first-order valence-electron chi connectivity index (χ1n) is 7.36. The summed E-state index contributed by atoms with van der Waals surface area (Å²) in [4.78, 5) is 22.4. The minimum Gasteiger partial charge on any atom is -0.423 e. The summed E-state index contributed by atoms with van der Waals surface area (Å²) in [5.41, 5.74) is 1.76. The highest BCUT2D eigenvalue weighted by Crippen LogP contribution is 2.26. The van der Waals surface area contributed by atoms with Crippen LogP contribution in [-0.2, 0) is 0 Å². The molecule has 0 bridgehead atoms. The van der Waals surface area contributed by atoms with Gasteiger partial charge in [0.05, 0.1) is 10.5 Å². The smallest absolute Gasteiger partial charge is 0.343 e. The Morgan fingerprint density at radius 1 is 0.920 bits per heavy atom. The minimum atomic E-state index is -0.688. The van der Waals surface area contributed by atoms with Gasteiger partial charge in [0.2, 0.25) is 0 Å². The summed E-state index contributed by atoms with van der Waals surface area (Å²) in [5, 5.41) is 10.9. The number of nitrogens with zero attached hydrogens (tertiary/aromatic N) is 1. The normalized spacial score (nSPS) is 10.3. The van der Waals surface area contributed by atoms with Crippen molar-refractivity contribution in [2.45, 2.75) is 0 Å². The molecule has 25 heavy (non-hydrogen) atoms. The van der Waals surface area contributed by atoms with Crippen LogP contribution in [-0.4, -0.2) is 10.9 Å². The number of ether oxygens (including phenoxy) is 1. The van der Waals surface area contributed by atoms with Crippen LogP contribution < -0.4 is 4.74 Å². The number of nitro benzene ring substituents is 1. The number of hydrogen-bond acceptors (Lipinski definition) is 4. The predicted octanol–water partition coefficient (Wildman–Crippen LogP) is 5.13. The third-order valence-electron chi connectivity index (χ3n) is 3.55. The zero-order chi connectivity index (χ0) is 17.8. The zero-order valence-electron chi connectivity index (χ0n) is 12.9. The Labute approximate surface area is 148 Å². The quantitative estimate of drug-likeness (QED) is 0.282. The molecule has 3 aromatic carbocycles. The van der Waals surface area contributed by atoms with E-state index >= 15 is 0 Å². The van der Waals surface area contributed by atoms with Crippen molar-refractivity contribution >= 4 is 23.3 Å². The Kier molecular flexibility index (Phi) is 4.77. The second kappa shape index (κ2) is 7.15. The lowest BCUT2D eigenvalue weighted by atomic mass is 10.1. The minimum absolute atomic E-state index is 0.0336. The Balaban J connectivity index is 1.77. The molecule has 0 N–H and O–H groups in total. The van der Waals surface area contributed by atoms with Gasteiger partial charge in [0.25, 0.3) is 5.69 Å². The average Bonchev–Trinajstić information content (AvgIpc) is 2.63. The lowest BCUT2D eigenvalue weighted by Gasteiger charge is -2.06. The lowest BCUT2D eigenvalue weighted by molar-refractivity contribution is -0.384. The van der Waals surface area contributed by atoms with Gasteiger partial charge in [-0.3, -0.25) is 10.1 Å². The summed E-state index contributed by atoms with van der Waals surface area (Å²) in [6.45, 7) is 0. The fourth-order valence-corrected chi connectivity index (χ4v) is 2.48. The number of hydrogen-bond donors (Lipinski definition) is 0. The molecule has 0 heterocycles. The number of rotatable bonds is 4. The molecule has 6 heteroatoms. The van der Waals surface area contributed by atoms with Gasteiger partial charge in [-0.2, -0.15) is 0 Å². The third kappa shape index (κ3) is 3.84. The molecule has 0 fully saturated rings. The first-order chi connectivity index (χ1) is 12.0. The van der Waals surface area contributed by atoms with E-state index in [0.29, 0.717) is 5.75 Å². The summed E-state index contributed by atoms with van der Waals surface area (Å²) in [6.07, 6.45) is 0. The second-order valence-corrected chi connectivity index (χ2v) is 5.61. The Morgan fingerprint density at radius 3 is 2.20 bits per heavy atom. The summed E-state index contributed by atoms with van der Waals surface area (Å²) in [5.74, 6) is -0.338. The summed E-state index contributed by atoms with van der Waals surface area (Å²) >= 11 is 5.74. The van der Waals surface area contributed by atoms with E-state index in [-0.39, 0.29) is 16.3 Å². The first-order valence-corrected chi connectivity index (χ1v) is 7.74. The van der Waals surface area contributed by atoms with Crippen molar-refractivity contribution in [1.29, 1.82) is 0 Å². The molecule has 0 atom stereocenters. The zero-order valence-corrected chi connectivity index (χ0v) is 13.6. The van der Waals surface area contributed by atoms with E-state index in [2.05, 4.69) is 0 Å². The van der Waals surface area contributed by atoms with Crippen LogP contribution in [0.4, 0.5) is 5.69 Å². The van der Waals surface area contributed by atoms with Crippen molar-refractivity contribution in [3.05, 3.63) is 93.5 Å². The Morgan fingerprint density at radius 2 is 1.56 bits per heavy atom. The fraction of sp³-hybridized carbons (Fsp3) is 0. The van der Waals surface area contributed by atoms with E-state index in [4.69, 9.17) is 16.3 Å². The maximum Gasteiger partial charge on any atom is 0.343 e. The van der Waals surface area contributed by atoms with Crippen LogP contribution in [0.1, 0.15) is 10.4 Å². The average molecular weight is 354 g/mol. The molecule has 5 nitrogen and oxygen atoms in total. The third-order valence-corrected chi connectivity index (χ3v) is 3.87. The van der Waals surface area contributed by atoms with Crippen molar-refractivity contribution in [2.75, 3.05) is 0 Å². The molecule has 0 aliphatic rings. The predicted molar refractivity (Wildman–Crippen MR) is 94.9 cm³/mol. The number of esters is 1. The molecule has 3 aromatic rings. The standard InChI is InChI=1S/C19H12ClNO4/c20-17-11-8-15(12-18(17)21(23)24)19(22)25-16-9-6-14(7-10-16)13-4-2-1-3-5-13/h1-12H. The van der Waals surface area contributed by atoms with Gasteiger partial charge in [-0.05, 0) is 35.4 Å². The molecule has 124 valence electrons. The topological polar surface area (TPSA) is 69.4 Å². The van der Waals surface area contributed by atoms with Crippen LogP contribution in [0.15, 0.2) is 72.8 Å². The van der Waals surface area contributed by atoms with Gasteiger partial charge < -0.3 is 4.74 Å². The molecule has 0 saturated carbocycles. The monoisotopic (exact) mass is 353 g/mol. The molecule has 3 rings (SSSR count). The number of benzene rings is 3. The van der Waals surface area contributed by atoms with Crippen molar-refractivity contribution in [1.82, 2.24) is 0 Å². The lowest BCUT2D eigenvalue weighted by Crippen LogP contribution is -2.09. The van der Waals surface area contributed by atoms with E-state index in [1.807, 2.05) is 42.5 Å². The fourth-order valence-electron chi connectivity index (χ4n) is 2.29. The van der Waals surface area contributed by atoms with Gasteiger partial charge in [-0.15, -0.1) is 0 Å². The highest BCUT2D eigenvalue weighted by atomic mass is 35.5. The molecule has 0 spiro atoms. The van der Waals surface area contributed by atoms with Crippen LogP contribution in [0, 0.1) is 10.1 Å². The number of halogens is 1. The van der Waals surface area contributed by atoms with Gasteiger partial charge in [-0.1, -0.05) is 54.1 Å². The van der Waals surface area contributed by atoms with Crippen LogP contribution >= 0.6 is 11.6 Å². The maximum absolute atomic E-state index is 12.2. The molecule has 0 unspecified atom stereocenters. The van der Waals surface area contributed by atoms with E-state index in [1.54, 1.807) is 12.1 Å². The first kappa shape index (κ1) is 16.7. The van der Waals surface area contributed by atoms with Gasteiger partial charge in [0.15, 0.2) is 0 Å². The van der Waals surface area contributed by atoms with Crippen LogP contribution in [0.3, 0.4) is 0 Å². The van der Waals surface area contributed by atoms with E-state index in [1.165, 1.54) is 12.1 Å². The van der Waals surface area contributed by atoms with Crippen LogP contribution in [0.5, 0.6) is 5.75 Å². The van der Waals surface area contributed by atoms with Gasteiger partial charge in [0, 0.05) is 6.07 Å². The largest absolute Gasteiger partial charge is 0.423 e. The molecule has 0 saturated heterocycles. The van der Waals surface area contributed by atoms with E-state index in [0.717, 1.165) is 17.2 Å². The second-order valence-electron chi connectivity index (χ2n) is 5.20. The Hall–Kier alpha value is -3.18. The maximum atomic E-state index is 12.2. The molecule has 0 aliphatic carbocycles. The van der Waals surface area contributed by atoms with Gasteiger partial charge >= 0.3 is 5.97 Å². The van der Waals surface area contributed by atoms with Crippen molar-refractivity contribution in [3.8, 4) is 16.9 Å². The highest BCUT2D eigenvalue weighted by molar-refractivity contribution is 6.32. The van der Waals surface area contributed by atoms with Gasteiger partial charge in [0.1, 0.15) is 10.8 Å². The molecule has 0 aromatic heterocycles. The molecule has 0 amide bonds. The van der Waals surface area contributed by atoms with Crippen LogP contribution in [0.25, 0.3) is 11.1 Å². The van der Waals surface area contributed by atoms with Gasteiger partial charge in [-0.25, -0.2) is 4.79 Å². The summed E-state index contributed by atoms with van der Waals surface area (Å²) in [7, 11) is 0. The molecular weight excluding hydrogens is 342 g/mol. The van der Waals surface area contributed by atoms with E-state index in [9.17, 15) is 14.9 Å². The van der Waals surface area contributed by atoms with Crippen LogP contribution in [0.2, 0.25) is 5.02 Å². The summed E-state index contributed by atoms with van der Waals surface area (Å²) < 4.78 is 5.26.